The molecule has 4 aliphatic heterocycles. The molecule has 0 radical (unpaired) electrons. The Balaban J connectivity index is 1.41. The van der Waals surface area contributed by atoms with Gasteiger partial charge in [-0.2, -0.15) is 0 Å². The summed E-state index contributed by atoms with van der Waals surface area (Å²) in [6.07, 6.45) is 8.66. The largest absolute Gasteiger partial charge is 0.298 e. The maximum absolute atomic E-state index is 13.5. The van der Waals surface area contributed by atoms with Gasteiger partial charge in [-0.3, -0.25) is 9.80 Å². The maximum atomic E-state index is 13.5. The van der Waals surface area contributed by atoms with Gasteiger partial charge in [0.1, 0.15) is 11.6 Å². The summed E-state index contributed by atoms with van der Waals surface area (Å²) in [7, 11) is 0. The van der Waals surface area contributed by atoms with E-state index in [0.717, 1.165) is 37.7 Å². The number of halogens is 1. The van der Waals surface area contributed by atoms with E-state index < -0.39 is 0 Å². The van der Waals surface area contributed by atoms with Gasteiger partial charge in [-0.05, 0) is 56.0 Å². The van der Waals surface area contributed by atoms with Gasteiger partial charge >= 0.3 is 0 Å². The zero-order chi connectivity index (χ0) is 19.1. The van der Waals surface area contributed by atoms with Crippen molar-refractivity contribution in [3.8, 4) is 0 Å². The number of hydrogen-bond donors (Lipinski definition) is 0. The summed E-state index contributed by atoms with van der Waals surface area (Å²) in [5, 5.41) is 0. The monoisotopic (exact) mass is 380 g/mol. The van der Waals surface area contributed by atoms with Crippen molar-refractivity contribution in [2.75, 3.05) is 19.6 Å². The van der Waals surface area contributed by atoms with E-state index in [1.165, 1.54) is 37.1 Å². The fraction of sp³-hybridized carbons (Fsp3) is 0.565. The smallest absolute Gasteiger partial charge is 0.128 e. The van der Waals surface area contributed by atoms with E-state index in [0.29, 0.717) is 18.0 Å². The lowest BCUT2D eigenvalue weighted by Gasteiger charge is -2.51. The van der Waals surface area contributed by atoms with Crippen LogP contribution in [0.1, 0.15) is 49.1 Å². The summed E-state index contributed by atoms with van der Waals surface area (Å²) in [5.74, 6) is 2.03. The maximum Gasteiger partial charge on any atom is 0.128 e. The van der Waals surface area contributed by atoms with Crippen LogP contribution in [-0.4, -0.2) is 51.5 Å². The Bertz CT molecular complexity index is 798. The molecule has 0 unspecified atom stereocenters. The third-order valence-corrected chi connectivity index (χ3v) is 7.01. The van der Waals surface area contributed by atoms with Gasteiger partial charge in [-0.25, -0.2) is 14.4 Å². The number of fused-ring (bicyclic) bond motifs is 2. The predicted octanol–water partition coefficient (Wildman–Crippen LogP) is 3.63. The molecule has 4 saturated heterocycles. The number of aryl methyl sites for hydroxylation is 1. The van der Waals surface area contributed by atoms with Crippen molar-refractivity contribution in [3.63, 3.8) is 0 Å². The highest BCUT2D eigenvalue weighted by atomic mass is 19.1. The highest BCUT2D eigenvalue weighted by Crippen LogP contribution is 2.46. The first kappa shape index (κ1) is 18.2. The molecular formula is C23H29FN4. The van der Waals surface area contributed by atoms with Crippen LogP contribution in [0.15, 0.2) is 36.7 Å². The summed E-state index contributed by atoms with van der Waals surface area (Å²) in [4.78, 5) is 14.5. The first-order valence-corrected chi connectivity index (χ1v) is 10.8. The topological polar surface area (TPSA) is 32.3 Å². The number of piperidine rings is 3. The second-order valence-electron chi connectivity index (χ2n) is 8.70. The molecule has 0 aliphatic carbocycles. The first-order chi connectivity index (χ1) is 13.7. The van der Waals surface area contributed by atoms with E-state index in [2.05, 4.69) is 26.7 Å². The molecule has 1 aromatic carbocycles. The fourth-order valence-electron chi connectivity index (χ4n) is 5.78. The van der Waals surface area contributed by atoms with Gasteiger partial charge in [0.05, 0.1) is 0 Å². The van der Waals surface area contributed by atoms with Gasteiger partial charge < -0.3 is 0 Å². The second kappa shape index (κ2) is 7.53. The van der Waals surface area contributed by atoms with Crippen molar-refractivity contribution in [2.45, 2.75) is 57.2 Å². The van der Waals surface area contributed by atoms with E-state index in [9.17, 15) is 4.39 Å². The predicted molar refractivity (Wildman–Crippen MR) is 107 cm³/mol. The summed E-state index contributed by atoms with van der Waals surface area (Å²) in [6.45, 7) is 6.53. The molecule has 1 aromatic heterocycles. The van der Waals surface area contributed by atoms with Crippen molar-refractivity contribution in [1.29, 1.82) is 0 Å². The third-order valence-electron chi connectivity index (χ3n) is 7.01. The Morgan fingerprint density at radius 1 is 1.04 bits per heavy atom. The summed E-state index contributed by atoms with van der Waals surface area (Å²) < 4.78 is 13.5. The van der Waals surface area contributed by atoms with Crippen molar-refractivity contribution in [1.82, 2.24) is 19.8 Å². The molecule has 2 aromatic rings. The highest BCUT2D eigenvalue weighted by molar-refractivity contribution is 5.28. The molecule has 0 saturated carbocycles. The molecule has 0 spiro atoms. The Morgan fingerprint density at radius 3 is 2.43 bits per heavy atom. The van der Waals surface area contributed by atoms with E-state index in [-0.39, 0.29) is 5.82 Å². The lowest BCUT2D eigenvalue weighted by Crippen LogP contribution is -2.59. The number of nitrogens with zero attached hydrogens (tertiary/aromatic N) is 4. The number of benzene rings is 1. The second-order valence-corrected chi connectivity index (χ2v) is 8.70. The molecule has 148 valence electrons. The lowest BCUT2D eigenvalue weighted by molar-refractivity contribution is -0.00874. The average molecular weight is 381 g/mol. The number of aromatic nitrogens is 2. The van der Waals surface area contributed by atoms with Crippen LogP contribution in [0.3, 0.4) is 0 Å². The van der Waals surface area contributed by atoms with Crippen molar-refractivity contribution >= 4 is 0 Å². The van der Waals surface area contributed by atoms with Crippen LogP contribution in [0.5, 0.6) is 0 Å². The minimum Gasteiger partial charge on any atom is -0.298 e. The SMILES string of the molecule is CCCc1ncc(CN2C[C@@H](c3ccc(F)cc3)[C@@H]3[C@H]2C2CCN3CC2)cn1. The molecule has 0 amide bonds. The fourth-order valence-corrected chi connectivity index (χ4v) is 5.78. The standard InChI is InChI=1S/C23H29FN4/c1-2-3-21-25-12-16(13-26-21)14-28-15-20(17-4-6-19(24)7-5-17)23-22(28)18-8-10-27(23)11-9-18/h4-7,12-13,18,20,22-23H,2-3,8-11,14-15H2,1H3/t20-,22+,23+/m0/s1. The van der Waals surface area contributed by atoms with Gasteiger partial charge in [0.25, 0.3) is 0 Å². The molecule has 4 nitrogen and oxygen atoms in total. The summed E-state index contributed by atoms with van der Waals surface area (Å²) >= 11 is 0. The first-order valence-electron chi connectivity index (χ1n) is 10.8. The molecule has 4 aliphatic rings. The van der Waals surface area contributed by atoms with Crippen LogP contribution >= 0.6 is 0 Å². The van der Waals surface area contributed by atoms with Crippen LogP contribution in [0, 0.1) is 11.7 Å². The summed E-state index contributed by atoms with van der Waals surface area (Å²) in [6, 6.07) is 8.36. The van der Waals surface area contributed by atoms with Gasteiger partial charge in [-0.1, -0.05) is 19.1 Å². The Kier molecular flexibility index (Phi) is 4.89. The molecule has 2 bridgehead atoms. The Hall–Kier alpha value is -1.85. The lowest BCUT2D eigenvalue weighted by atomic mass is 9.75. The van der Waals surface area contributed by atoms with Gasteiger partial charge in [-0.15, -0.1) is 0 Å². The molecule has 0 N–H and O–H groups in total. The third kappa shape index (κ3) is 3.25. The molecular weight excluding hydrogens is 351 g/mol. The van der Waals surface area contributed by atoms with E-state index in [4.69, 9.17) is 0 Å². The summed E-state index contributed by atoms with van der Waals surface area (Å²) in [5.41, 5.74) is 2.48. The molecule has 3 atom stereocenters. The zero-order valence-corrected chi connectivity index (χ0v) is 16.6. The van der Waals surface area contributed by atoms with Gasteiger partial charge in [0, 0.05) is 55.5 Å². The van der Waals surface area contributed by atoms with E-state index >= 15 is 0 Å². The van der Waals surface area contributed by atoms with Crippen LogP contribution in [0.25, 0.3) is 0 Å². The number of rotatable bonds is 5. The van der Waals surface area contributed by atoms with Crippen molar-refractivity contribution in [3.05, 3.63) is 59.4 Å². The number of hydrogen-bond acceptors (Lipinski definition) is 4. The molecule has 5 heteroatoms. The number of likely N-dealkylation sites (tertiary alicyclic amines) is 1. The van der Waals surface area contributed by atoms with Crippen LogP contribution in [0.4, 0.5) is 4.39 Å². The molecule has 6 rings (SSSR count). The quantitative estimate of drug-likeness (QED) is 0.793. The average Bonchev–Trinajstić information content (AvgIpc) is 3.13. The minimum atomic E-state index is -0.148. The Morgan fingerprint density at radius 2 is 1.75 bits per heavy atom. The molecule has 4 fully saturated rings. The van der Waals surface area contributed by atoms with Crippen LogP contribution in [0.2, 0.25) is 0 Å². The van der Waals surface area contributed by atoms with E-state index in [1.54, 1.807) is 12.1 Å². The van der Waals surface area contributed by atoms with Crippen LogP contribution in [-0.2, 0) is 13.0 Å². The van der Waals surface area contributed by atoms with Gasteiger partial charge in [0.15, 0.2) is 0 Å². The Labute approximate surface area is 166 Å². The van der Waals surface area contributed by atoms with Crippen molar-refractivity contribution in [2.24, 2.45) is 5.92 Å². The van der Waals surface area contributed by atoms with E-state index in [1.807, 2.05) is 24.5 Å². The van der Waals surface area contributed by atoms with Crippen LogP contribution < -0.4 is 0 Å². The highest BCUT2D eigenvalue weighted by Gasteiger charge is 2.53. The van der Waals surface area contributed by atoms with Crippen molar-refractivity contribution < 1.29 is 4.39 Å². The molecule has 5 heterocycles. The molecule has 28 heavy (non-hydrogen) atoms. The minimum absolute atomic E-state index is 0.148. The normalized spacial score (nSPS) is 31.9. The zero-order valence-electron chi connectivity index (χ0n) is 16.6. The van der Waals surface area contributed by atoms with Gasteiger partial charge in [0.2, 0.25) is 0 Å².